The predicted molar refractivity (Wildman–Crippen MR) is 124 cm³/mol. The number of rotatable bonds is 7. The molecule has 184 valence electrons. The van der Waals surface area contributed by atoms with Crippen LogP contribution in [0.4, 0.5) is 0 Å². The Morgan fingerprint density at radius 3 is 2.71 bits per heavy atom. The van der Waals surface area contributed by atoms with Crippen molar-refractivity contribution < 1.29 is 32.3 Å². The maximum Gasteiger partial charge on any atom is 0.287 e. The van der Waals surface area contributed by atoms with E-state index in [9.17, 15) is 27.9 Å². The Balaban J connectivity index is 1.67. The quantitative estimate of drug-likeness (QED) is 0.419. The first-order valence-electron chi connectivity index (χ1n) is 11.0. The third-order valence-corrected chi connectivity index (χ3v) is 7.32. The van der Waals surface area contributed by atoms with Crippen molar-refractivity contribution in [2.45, 2.75) is 30.0 Å². The summed E-state index contributed by atoms with van der Waals surface area (Å²) in [5.74, 6) is -2.59. The van der Waals surface area contributed by atoms with Crippen LogP contribution in [0.2, 0.25) is 0 Å². The Bertz CT molecular complexity index is 1310. The molecule has 11 nitrogen and oxygen atoms in total. The number of furan rings is 1. The average Bonchev–Trinajstić information content (AvgIpc) is 3.20. The molecule has 0 bridgehead atoms. The third-order valence-electron chi connectivity index (χ3n) is 5.60. The molecule has 2 atom stereocenters. The number of aromatic nitrogens is 1. The van der Waals surface area contributed by atoms with E-state index in [0.29, 0.717) is 28.2 Å². The van der Waals surface area contributed by atoms with E-state index < -0.39 is 51.3 Å². The highest BCUT2D eigenvalue weighted by molar-refractivity contribution is 7.89. The number of para-hydroxylation sites is 1. The SMILES string of the molecule is O=C(NC(CO)C(=O)N([C@H]1CCCNCC1=O)S(=O)(=O)c1ccccn1)c1cc2ccccc2o1. The van der Waals surface area contributed by atoms with Gasteiger partial charge in [-0.05, 0) is 43.7 Å². The first-order valence-corrected chi connectivity index (χ1v) is 12.4. The fraction of sp³-hybridized carbons (Fsp3) is 0.304. The molecule has 2 aromatic heterocycles. The summed E-state index contributed by atoms with van der Waals surface area (Å²) in [5, 5.41) is 15.4. The lowest BCUT2D eigenvalue weighted by molar-refractivity contribution is -0.135. The number of sulfonamides is 1. The minimum Gasteiger partial charge on any atom is -0.451 e. The summed E-state index contributed by atoms with van der Waals surface area (Å²) in [6.45, 7) is -0.556. The largest absolute Gasteiger partial charge is 0.451 e. The van der Waals surface area contributed by atoms with Crippen molar-refractivity contribution >= 4 is 38.6 Å². The molecule has 3 aromatic rings. The lowest BCUT2D eigenvalue weighted by atomic mass is 10.1. The topological polar surface area (TPSA) is 159 Å². The molecule has 1 saturated heterocycles. The van der Waals surface area contributed by atoms with Gasteiger partial charge in [0.05, 0.1) is 13.2 Å². The van der Waals surface area contributed by atoms with Gasteiger partial charge >= 0.3 is 0 Å². The molecular formula is C23H24N4O7S. The number of hydrogen-bond acceptors (Lipinski definition) is 9. The second-order valence-electron chi connectivity index (χ2n) is 7.97. The molecule has 0 radical (unpaired) electrons. The van der Waals surface area contributed by atoms with Gasteiger partial charge in [0.25, 0.3) is 21.8 Å². The van der Waals surface area contributed by atoms with Crippen LogP contribution in [-0.4, -0.2) is 72.2 Å². The summed E-state index contributed by atoms with van der Waals surface area (Å²) in [6.07, 6.45) is 1.77. The Labute approximate surface area is 201 Å². The van der Waals surface area contributed by atoms with Gasteiger partial charge in [0.2, 0.25) is 0 Å². The smallest absolute Gasteiger partial charge is 0.287 e. The van der Waals surface area contributed by atoms with Gasteiger partial charge in [0.1, 0.15) is 17.7 Å². The second kappa shape index (κ2) is 10.3. The van der Waals surface area contributed by atoms with Gasteiger partial charge in [0, 0.05) is 11.6 Å². The molecule has 2 amide bonds. The Kier molecular flexibility index (Phi) is 7.24. The van der Waals surface area contributed by atoms with E-state index in [1.54, 1.807) is 24.3 Å². The van der Waals surface area contributed by atoms with Crippen molar-refractivity contribution in [3.05, 3.63) is 60.5 Å². The number of carbonyl (C=O) groups excluding carboxylic acids is 3. The van der Waals surface area contributed by atoms with Crippen LogP contribution >= 0.6 is 0 Å². The molecule has 0 spiro atoms. The summed E-state index contributed by atoms with van der Waals surface area (Å²) in [4.78, 5) is 43.0. The summed E-state index contributed by atoms with van der Waals surface area (Å²) in [5.41, 5.74) is 0.445. The Morgan fingerprint density at radius 1 is 1.23 bits per heavy atom. The van der Waals surface area contributed by atoms with Gasteiger partial charge in [-0.15, -0.1) is 0 Å². The van der Waals surface area contributed by atoms with Crippen LogP contribution in [0.5, 0.6) is 0 Å². The molecule has 4 rings (SSSR count). The second-order valence-corrected chi connectivity index (χ2v) is 9.73. The molecule has 3 heterocycles. The number of amides is 2. The molecule has 0 saturated carbocycles. The van der Waals surface area contributed by atoms with Gasteiger partial charge < -0.3 is 20.2 Å². The van der Waals surface area contributed by atoms with Crippen LogP contribution < -0.4 is 10.6 Å². The van der Waals surface area contributed by atoms with E-state index in [-0.39, 0.29) is 18.7 Å². The fourth-order valence-electron chi connectivity index (χ4n) is 3.86. The first kappa shape index (κ1) is 24.5. The maximum absolute atomic E-state index is 13.5. The molecule has 12 heteroatoms. The van der Waals surface area contributed by atoms with Crippen molar-refractivity contribution in [1.82, 2.24) is 19.9 Å². The van der Waals surface area contributed by atoms with Crippen LogP contribution in [0.25, 0.3) is 11.0 Å². The number of carbonyl (C=O) groups is 3. The van der Waals surface area contributed by atoms with Gasteiger partial charge in [0.15, 0.2) is 16.6 Å². The van der Waals surface area contributed by atoms with Crippen molar-refractivity contribution in [2.24, 2.45) is 0 Å². The van der Waals surface area contributed by atoms with E-state index in [1.165, 1.54) is 30.5 Å². The zero-order chi connectivity index (χ0) is 25.0. The number of nitrogens with one attached hydrogen (secondary N) is 2. The molecule has 1 aliphatic rings. The first-order chi connectivity index (χ1) is 16.8. The van der Waals surface area contributed by atoms with Crippen LogP contribution in [0.1, 0.15) is 23.4 Å². The Morgan fingerprint density at radius 2 is 2.00 bits per heavy atom. The molecule has 1 aromatic carbocycles. The van der Waals surface area contributed by atoms with Gasteiger partial charge in [-0.2, -0.15) is 8.42 Å². The number of Topliss-reactive ketones (excluding diaryl/α,β-unsaturated/α-hetero) is 1. The highest BCUT2D eigenvalue weighted by Crippen LogP contribution is 2.23. The summed E-state index contributed by atoms with van der Waals surface area (Å²) in [7, 11) is -4.59. The number of benzene rings is 1. The molecule has 1 aliphatic heterocycles. The third kappa shape index (κ3) is 5.09. The van der Waals surface area contributed by atoms with Crippen LogP contribution in [0.3, 0.4) is 0 Å². The summed E-state index contributed by atoms with van der Waals surface area (Å²) >= 11 is 0. The van der Waals surface area contributed by atoms with Crippen molar-refractivity contribution in [1.29, 1.82) is 0 Å². The van der Waals surface area contributed by atoms with Crippen molar-refractivity contribution in [3.8, 4) is 0 Å². The molecular weight excluding hydrogens is 476 g/mol. The monoisotopic (exact) mass is 500 g/mol. The summed E-state index contributed by atoms with van der Waals surface area (Å²) < 4.78 is 32.9. The summed E-state index contributed by atoms with van der Waals surface area (Å²) in [6, 6.07) is 9.53. The number of fused-ring (bicyclic) bond motifs is 1. The van der Waals surface area contributed by atoms with Crippen LogP contribution in [0, 0.1) is 0 Å². The highest BCUT2D eigenvalue weighted by Gasteiger charge is 2.43. The number of ketones is 1. The normalized spacial score (nSPS) is 17.5. The predicted octanol–water partition coefficient (Wildman–Crippen LogP) is 0.457. The number of hydrogen-bond donors (Lipinski definition) is 3. The van der Waals surface area contributed by atoms with Crippen LogP contribution in [-0.2, 0) is 19.6 Å². The lowest BCUT2D eigenvalue weighted by Gasteiger charge is -2.31. The minimum atomic E-state index is -4.59. The van der Waals surface area contributed by atoms with Crippen molar-refractivity contribution in [2.75, 3.05) is 19.7 Å². The zero-order valence-corrected chi connectivity index (χ0v) is 19.4. The number of aliphatic hydroxyl groups is 1. The molecule has 1 fully saturated rings. The maximum atomic E-state index is 13.5. The number of nitrogens with zero attached hydrogens (tertiary/aromatic N) is 2. The minimum absolute atomic E-state index is 0.0826. The number of pyridine rings is 1. The number of aliphatic hydroxyl groups excluding tert-OH is 1. The van der Waals surface area contributed by atoms with Crippen LogP contribution in [0.15, 0.2) is 64.2 Å². The van der Waals surface area contributed by atoms with E-state index in [4.69, 9.17) is 4.42 Å². The van der Waals surface area contributed by atoms with E-state index >= 15 is 0 Å². The standard InChI is InChI=1S/C23H24N4O7S/c28-14-16(26-22(30)20-12-15-6-1-2-8-19(15)34-20)23(31)27(17-7-5-10-24-13-18(17)29)35(32,33)21-9-3-4-11-25-21/h1-4,6,8-9,11-12,16-17,24,28H,5,7,10,13-14H2,(H,26,30)/t16?,17-/m0/s1. The molecule has 1 unspecified atom stereocenters. The average molecular weight is 501 g/mol. The van der Waals surface area contributed by atoms with E-state index in [1.807, 2.05) is 0 Å². The lowest BCUT2D eigenvalue weighted by Crippen LogP contribution is -2.57. The van der Waals surface area contributed by atoms with E-state index in [2.05, 4.69) is 15.6 Å². The fourth-order valence-corrected chi connectivity index (χ4v) is 5.43. The molecule has 35 heavy (non-hydrogen) atoms. The van der Waals surface area contributed by atoms with E-state index in [0.717, 1.165) is 0 Å². The Hall–Kier alpha value is -3.61. The van der Waals surface area contributed by atoms with Gasteiger partial charge in [-0.3, -0.25) is 14.4 Å². The highest BCUT2D eigenvalue weighted by atomic mass is 32.2. The van der Waals surface area contributed by atoms with Gasteiger partial charge in [-0.25, -0.2) is 9.29 Å². The van der Waals surface area contributed by atoms with Crippen molar-refractivity contribution in [3.63, 3.8) is 0 Å². The molecule has 3 N–H and O–H groups in total. The van der Waals surface area contributed by atoms with Gasteiger partial charge in [-0.1, -0.05) is 24.3 Å². The zero-order valence-electron chi connectivity index (χ0n) is 18.6. The molecule has 0 aliphatic carbocycles.